The van der Waals surface area contributed by atoms with Crippen LogP contribution in [0.4, 0.5) is 18.9 Å². The summed E-state index contributed by atoms with van der Waals surface area (Å²) >= 11 is 0. The molecule has 0 saturated heterocycles. The van der Waals surface area contributed by atoms with Crippen LogP contribution in [0.2, 0.25) is 0 Å². The molecule has 8 heteroatoms. The Hall–Kier alpha value is -3.16. The fourth-order valence-corrected chi connectivity index (χ4v) is 2.88. The van der Waals surface area contributed by atoms with Gasteiger partial charge in [0.05, 0.1) is 28.3 Å². The standard InChI is InChI=1S/C18H13F3N2O3/c1-9(15(22)24)11-7-6-10(8-14(11)18(19,20)21)23-16(25)12-4-2-3-5-13(12)17(23)26/h2-9H,1H3,(H2,22,24). The van der Waals surface area contributed by atoms with Gasteiger partial charge in [0, 0.05) is 0 Å². The van der Waals surface area contributed by atoms with Crippen molar-refractivity contribution in [1.82, 2.24) is 0 Å². The minimum absolute atomic E-state index is 0.126. The molecular formula is C18H13F3N2O3. The summed E-state index contributed by atoms with van der Waals surface area (Å²) in [5.74, 6) is -3.49. The number of carbonyl (C=O) groups is 3. The number of rotatable bonds is 3. The zero-order valence-electron chi connectivity index (χ0n) is 13.5. The first-order valence-corrected chi connectivity index (χ1v) is 7.61. The molecule has 2 N–H and O–H groups in total. The van der Waals surface area contributed by atoms with Crippen LogP contribution in [0, 0.1) is 0 Å². The molecule has 1 unspecified atom stereocenters. The van der Waals surface area contributed by atoms with E-state index in [1.807, 2.05) is 0 Å². The van der Waals surface area contributed by atoms with Gasteiger partial charge in [-0.25, -0.2) is 4.90 Å². The van der Waals surface area contributed by atoms with Gasteiger partial charge in [-0.1, -0.05) is 18.2 Å². The van der Waals surface area contributed by atoms with Gasteiger partial charge in [-0.3, -0.25) is 14.4 Å². The molecule has 0 aromatic heterocycles. The van der Waals surface area contributed by atoms with E-state index in [0.29, 0.717) is 11.0 Å². The molecule has 5 nitrogen and oxygen atoms in total. The Bertz CT molecular complexity index is 903. The van der Waals surface area contributed by atoms with E-state index in [1.54, 1.807) is 12.1 Å². The maximum atomic E-state index is 13.5. The zero-order valence-corrected chi connectivity index (χ0v) is 13.5. The van der Waals surface area contributed by atoms with Gasteiger partial charge in [-0.2, -0.15) is 13.2 Å². The highest BCUT2D eigenvalue weighted by atomic mass is 19.4. The molecule has 0 fully saturated rings. The molecule has 1 aliphatic rings. The number of imide groups is 1. The highest BCUT2D eigenvalue weighted by molar-refractivity contribution is 6.34. The molecule has 3 rings (SSSR count). The third kappa shape index (κ3) is 2.73. The monoisotopic (exact) mass is 362 g/mol. The fraction of sp³-hybridized carbons (Fsp3) is 0.167. The highest BCUT2D eigenvalue weighted by Gasteiger charge is 2.40. The smallest absolute Gasteiger partial charge is 0.369 e. The molecule has 3 amide bonds. The fourth-order valence-electron chi connectivity index (χ4n) is 2.88. The van der Waals surface area contributed by atoms with E-state index >= 15 is 0 Å². The van der Waals surface area contributed by atoms with Gasteiger partial charge < -0.3 is 5.73 Å². The van der Waals surface area contributed by atoms with Crippen molar-refractivity contribution in [2.45, 2.75) is 19.0 Å². The zero-order chi connectivity index (χ0) is 19.2. The van der Waals surface area contributed by atoms with Gasteiger partial charge in [-0.05, 0) is 36.8 Å². The van der Waals surface area contributed by atoms with E-state index in [9.17, 15) is 27.6 Å². The van der Waals surface area contributed by atoms with Crippen LogP contribution >= 0.6 is 0 Å². The second-order valence-corrected chi connectivity index (χ2v) is 5.88. The molecule has 1 heterocycles. The van der Waals surface area contributed by atoms with Crippen LogP contribution in [0.15, 0.2) is 42.5 Å². The molecule has 0 bridgehead atoms. The first-order chi connectivity index (χ1) is 12.1. The molecule has 0 radical (unpaired) electrons. The predicted molar refractivity (Wildman–Crippen MR) is 86.6 cm³/mol. The molecule has 0 spiro atoms. The van der Waals surface area contributed by atoms with E-state index in [0.717, 1.165) is 6.07 Å². The summed E-state index contributed by atoms with van der Waals surface area (Å²) in [4.78, 5) is 36.9. The Balaban J connectivity index is 2.12. The van der Waals surface area contributed by atoms with Crippen molar-refractivity contribution in [2.24, 2.45) is 5.73 Å². The number of carbonyl (C=O) groups excluding carboxylic acids is 3. The second kappa shape index (κ2) is 5.98. The van der Waals surface area contributed by atoms with E-state index in [-0.39, 0.29) is 22.4 Å². The van der Waals surface area contributed by atoms with E-state index in [2.05, 4.69) is 0 Å². The van der Waals surface area contributed by atoms with Crippen LogP contribution in [-0.2, 0) is 11.0 Å². The third-order valence-electron chi connectivity index (χ3n) is 4.29. The number of nitrogens with zero attached hydrogens (tertiary/aromatic N) is 1. The minimum atomic E-state index is -4.78. The Kier molecular flexibility index (Phi) is 4.06. The SMILES string of the molecule is CC(C(N)=O)c1ccc(N2C(=O)c3ccccc3C2=O)cc1C(F)(F)F. The lowest BCUT2D eigenvalue weighted by atomic mass is 9.94. The number of hydrogen-bond acceptors (Lipinski definition) is 3. The maximum absolute atomic E-state index is 13.5. The Morgan fingerprint density at radius 1 is 1.04 bits per heavy atom. The molecule has 26 heavy (non-hydrogen) atoms. The van der Waals surface area contributed by atoms with Gasteiger partial charge in [-0.15, -0.1) is 0 Å². The molecule has 2 aromatic rings. The third-order valence-corrected chi connectivity index (χ3v) is 4.29. The lowest BCUT2D eigenvalue weighted by Crippen LogP contribution is -2.30. The van der Waals surface area contributed by atoms with Crippen molar-refractivity contribution in [3.63, 3.8) is 0 Å². The van der Waals surface area contributed by atoms with Crippen molar-refractivity contribution >= 4 is 23.4 Å². The van der Waals surface area contributed by atoms with Crippen molar-refractivity contribution < 1.29 is 27.6 Å². The highest BCUT2D eigenvalue weighted by Crippen LogP contribution is 2.39. The molecule has 134 valence electrons. The first kappa shape index (κ1) is 17.7. The van der Waals surface area contributed by atoms with Crippen LogP contribution in [0.3, 0.4) is 0 Å². The molecule has 0 saturated carbocycles. The van der Waals surface area contributed by atoms with Gasteiger partial charge in [0.25, 0.3) is 11.8 Å². The number of nitrogens with two attached hydrogens (primary N) is 1. The van der Waals surface area contributed by atoms with Crippen molar-refractivity contribution in [2.75, 3.05) is 4.90 Å². The predicted octanol–water partition coefficient (Wildman–Crippen LogP) is 3.09. The van der Waals surface area contributed by atoms with Gasteiger partial charge in [0.15, 0.2) is 0 Å². The number of anilines is 1. The largest absolute Gasteiger partial charge is 0.416 e. The topological polar surface area (TPSA) is 80.5 Å². The number of amides is 3. The Labute approximate surface area is 146 Å². The number of hydrogen-bond donors (Lipinski definition) is 1. The van der Waals surface area contributed by atoms with Crippen LogP contribution in [0.5, 0.6) is 0 Å². The van der Waals surface area contributed by atoms with Gasteiger partial charge >= 0.3 is 6.18 Å². The summed E-state index contributed by atoms with van der Waals surface area (Å²) in [6, 6.07) is 8.95. The normalized spacial score (nSPS) is 15.2. The summed E-state index contributed by atoms with van der Waals surface area (Å²) in [6.07, 6.45) is -4.78. The summed E-state index contributed by atoms with van der Waals surface area (Å²) < 4.78 is 40.4. The molecule has 2 aromatic carbocycles. The molecule has 1 aliphatic heterocycles. The summed E-state index contributed by atoms with van der Waals surface area (Å²) in [5, 5.41) is 0. The van der Waals surface area contributed by atoms with Crippen LogP contribution in [-0.4, -0.2) is 17.7 Å². The number of benzene rings is 2. The Morgan fingerprint density at radius 2 is 1.58 bits per heavy atom. The average Bonchev–Trinajstić information content (AvgIpc) is 2.84. The lowest BCUT2D eigenvalue weighted by molar-refractivity contribution is -0.138. The van der Waals surface area contributed by atoms with Crippen LogP contribution in [0.1, 0.15) is 44.7 Å². The minimum Gasteiger partial charge on any atom is -0.369 e. The van der Waals surface area contributed by atoms with Gasteiger partial charge in [0.2, 0.25) is 5.91 Å². The Morgan fingerprint density at radius 3 is 2.04 bits per heavy atom. The average molecular weight is 362 g/mol. The van der Waals surface area contributed by atoms with Gasteiger partial charge in [0.1, 0.15) is 0 Å². The maximum Gasteiger partial charge on any atom is 0.416 e. The number of primary amides is 1. The number of fused-ring (bicyclic) bond motifs is 1. The molecular weight excluding hydrogens is 349 g/mol. The molecule has 0 aliphatic carbocycles. The van der Waals surface area contributed by atoms with Crippen molar-refractivity contribution in [1.29, 1.82) is 0 Å². The summed E-state index contributed by atoms with van der Waals surface area (Å²) in [5.41, 5.74) is 3.72. The quantitative estimate of drug-likeness (QED) is 0.852. The van der Waals surface area contributed by atoms with Crippen molar-refractivity contribution in [3.8, 4) is 0 Å². The molecule has 1 atom stereocenters. The van der Waals surface area contributed by atoms with E-state index in [1.165, 1.54) is 25.1 Å². The lowest BCUT2D eigenvalue weighted by Gasteiger charge is -2.20. The second-order valence-electron chi connectivity index (χ2n) is 5.88. The summed E-state index contributed by atoms with van der Waals surface area (Å²) in [6.45, 7) is 1.26. The van der Waals surface area contributed by atoms with E-state index in [4.69, 9.17) is 5.73 Å². The number of halogens is 3. The first-order valence-electron chi connectivity index (χ1n) is 7.61. The van der Waals surface area contributed by atoms with Crippen LogP contribution in [0.25, 0.3) is 0 Å². The van der Waals surface area contributed by atoms with Crippen LogP contribution < -0.4 is 10.6 Å². The summed E-state index contributed by atoms with van der Waals surface area (Å²) in [7, 11) is 0. The number of alkyl halides is 3. The van der Waals surface area contributed by atoms with E-state index < -0.39 is 35.4 Å². The van der Waals surface area contributed by atoms with Crippen molar-refractivity contribution in [3.05, 3.63) is 64.7 Å².